The molecule has 2 N–H and O–H groups in total. The predicted octanol–water partition coefficient (Wildman–Crippen LogP) is -0.173. The number of carbonyl (C=O) groups excluding carboxylic acids is 1. The van der Waals surface area contributed by atoms with Gasteiger partial charge >= 0.3 is 0 Å². The third-order valence-corrected chi connectivity index (χ3v) is 2.04. The summed E-state index contributed by atoms with van der Waals surface area (Å²) in [6, 6.07) is -0.301. The number of carbonyl (C=O) groups is 1. The molecular formula is C11H20N2O2. The van der Waals surface area contributed by atoms with Crippen LogP contribution < -0.4 is 5.32 Å². The Morgan fingerprint density at radius 3 is 2.60 bits per heavy atom. The molecule has 4 nitrogen and oxygen atoms in total. The van der Waals surface area contributed by atoms with Gasteiger partial charge in [-0.15, -0.1) is 6.42 Å². The number of hydrogen-bond donors (Lipinski definition) is 2. The van der Waals surface area contributed by atoms with Gasteiger partial charge in [-0.3, -0.25) is 9.69 Å². The van der Waals surface area contributed by atoms with E-state index in [1.807, 2.05) is 0 Å². The average Bonchev–Trinajstić information content (AvgIpc) is 2.10. The molecule has 0 saturated heterocycles. The van der Waals surface area contributed by atoms with Crippen molar-refractivity contribution in [2.45, 2.75) is 32.4 Å². The first-order valence-electron chi connectivity index (χ1n) is 4.91. The van der Waals surface area contributed by atoms with Gasteiger partial charge in [0, 0.05) is 6.54 Å². The molecule has 0 saturated carbocycles. The quantitative estimate of drug-likeness (QED) is 0.622. The Hall–Kier alpha value is -1.05. The van der Waals surface area contributed by atoms with E-state index < -0.39 is 5.60 Å². The van der Waals surface area contributed by atoms with Gasteiger partial charge < -0.3 is 10.4 Å². The summed E-state index contributed by atoms with van der Waals surface area (Å²) in [6.45, 7) is 5.85. The molecule has 0 rings (SSSR count). The van der Waals surface area contributed by atoms with Crippen LogP contribution in [0.15, 0.2) is 0 Å². The van der Waals surface area contributed by atoms with Crippen LogP contribution in [0.3, 0.4) is 0 Å². The Balaban J connectivity index is 4.14. The monoisotopic (exact) mass is 212 g/mol. The minimum atomic E-state index is -0.810. The van der Waals surface area contributed by atoms with E-state index in [-0.39, 0.29) is 18.5 Å². The van der Waals surface area contributed by atoms with Gasteiger partial charge in [-0.2, -0.15) is 0 Å². The van der Waals surface area contributed by atoms with Crippen molar-refractivity contribution in [2.24, 2.45) is 0 Å². The molecule has 0 aromatic carbocycles. The molecule has 0 aliphatic rings. The molecule has 86 valence electrons. The number of nitrogens with zero attached hydrogens (tertiary/aromatic N) is 1. The summed E-state index contributed by atoms with van der Waals surface area (Å²) in [5, 5.41) is 12.2. The molecule has 1 amide bonds. The first-order chi connectivity index (χ1) is 6.78. The van der Waals surface area contributed by atoms with Crippen molar-refractivity contribution >= 4 is 5.91 Å². The molecular weight excluding hydrogens is 192 g/mol. The number of aliphatic hydroxyl groups is 1. The van der Waals surface area contributed by atoms with Crippen LogP contribution in [0.4, 0.5) is 0 Å². The van der Waals surface area contributed by atoms with Crippen LogP contribution >= 0.6 is 0 Å². The molecule has 0 aliphatic heterocycles. The number of nitrogens with one attached hydrogen (secondary N) is 1. The topological polar surface area (TPSA) is 52.6 Å². The minimum Gasteiger partial charge on any atom is -0.389 e. The maximum absolute atomic E-state index is 11.5. The lowest BCUT2D eigenvalue weighted by Gasteiger charge is -2.29. The molecule has 1 atom stereocenters. The highest BCUT2D eigenvalue weighted by atomic mass is 16.3. The maximum atomic E-state index is 11.5. The first kappa shape index (κ1) is 13.9. The summed E-state index contributed by atoms with van der Waals surface area (Å²) in [7, 11) is 1.79. The molecule has 0 spiro atoms. The Bertz CT molecular complexity index is 250. The van der Waals surface area contributed by atoms with Crippen molar-refractivity contribution in [3.05, 3.63) is 0 Å². The Morgan fingerprint density at radius 1 is 1.67 bits per heavy atom. The van der Waals surface area contributed by atoms with E-state index in [1.54, 1.807) is 32.7 Å². The van der Waals surface area contributed by atoms with Crippen LogP contribution in [0.2, 0.25) is 0 Å². The fraction of sp³-hybridized carbons (Fsp3) is 0.727. The third kappa shape index (κ3) is 6.10. The van der Waals surface area contributed by atoms with Gasteiger partial charge in [-0.05, 0) is 27.8 Å². The zero-order valence-corrected chi connectivity index (χ0v) is 9.87. The summed E-state index contributed by atoms with van der Waals surface area (Å²) in [6.07, 6.45) is 5.04. The highest BCUT2D eigenvalue weighted by molar-refractivity contribution is 5.81. The molecule has 0 aromatic heterocycles. The molecule has 0 aromatic rings. The second-order valence-corrected chi connectivity index (χ2v) is 4.33. The van der Waals surface area contributed by atoms with Gasteiger partial charge in [0.25, 0.3) is 0 Å². The molecule has 4 heteroatoms. The van der Waals surface area contributed by atoms with Crippen LogP contribution in [0.25, 0.3) is 0 Å². The van der Waals surface area contributed by atoms with E-state index in [9.17, 15) is 9.90 Å². The van der Waals surface area contributed by atoms with Crippen molar-refractivity contribution in [1.29, 1.82) is 0 Å². The van der Waals surface area contributed by atoms with Crippen LogP contribution in [-0.4, -0.2) is 47.7 Å². The maximum Gasteiger partial charge on any atom is 0.237 e. The van der Waals surface area contributed by atoms with Gasteiger partial charge in [0.15, 0.2) is 0 Å². The van der Waals surface area contributed by atoms with Gasteiger partial charge in [-0.25, -0.2) is 0 Å². The van der Waals surface area contributed by atoms with Crippen LogP contribution in [-0.2, 0) is 4.79 Å². The van der Waals surface area contributed by atoms with Crippen molar-refractivity contribution in [1.82, 2.24) is 10.2 Å². The fourth-order valence-corrected chi connectivity index (χ4v) is 1.23. The number of rotatable bonds is 5. The van der Waals surface area contributed by atoms with E-state index in [1.165, 1.54) is 0 Å². The summed E-state index contributed by atoms with van der Waals surface area (Å²) in [5.41, 5.74) is -0.810. The molecule has 0 aliphatic carbocycles. The molecule has 1 unspecified atom stereocenters. The number of likely N-dealkylation sites (N-methyl/N-ethyl adjacent to an activating group) is 1. The zero-order valence-electron chi connectivity index (χ0n) is 9.87. The second kappa shape index (κ2) is 5.74. The lowest BCUT2D eigenvalue weighted by molar-refractivity contribution is -0.126. The van der Waals surface area contributed by atoms with E-state index in [0.29, 0.717) is 6.54 Å². The third-order valence-electron chi connectivity index (χ3n) is 2.04. The van der Waals surface area contributed by atoms with Crippen LogP contribution in [0.1, 0.15) is 20.8 Å². The van der Waals surface area contributed by atoms with Crippen LogP contribution in [0, 0.1) is 12.3 Å². The van der Waals surface area contributed by atoms with Crippen molar-refractivity contribution < 1.29 is 9.90 Å². The molecule has 0 radical (unpaired) electrons. The van der Waals surface area contributed by atoms with Gasteiger partial charge in [-0.1, -0.05) is 5.92 Å². The average molecular weight is 212 g/mol. The summed E-state index contributed by atoms with van der Waals surface area (Å²) in [4.78, 5) is 13.3. The summed E-state index contributed by atoms with van der Waals surface area (Å²) in [5.74, 6) is 2.22. The first-order valence-corrected chi connectivity index (χ1v) is 4.91. The largest absolute Gasteiger partial charge is 0.389 e. The lowest BCUT2D eigenvalue weighted by atomic mass is 10.1. The predicted molar refractivity (Wildman–Crippen MR) is 60.2 cm³/mol. The standard InChI is InChI=1S/C11H20N2O2/c1-6-7-12-10(14)9(2)13(5)8-11(3,4)15/h1,9,15H,7-8H2,2-5H3,(H,12,14). The second-order valence-electron chi connectivity index (χ2n) is 4.33. The van der Waals surface area contributed by atoms with Crippen molar-refractivity contribution in [3.63, 3.8) is 0 Å². The zero-order chi connectivity index (χ0) is 12.1. The minimum absolute atomic E-state index is 0.125. The van der Waals surface area contributed by atoms with E-state index in [4.69, 9.17) is 6.42 Å². The molecule has 0 heterocycles. The Morgan fingerprint density at radius 2 is 2.20 bits per heavy atom. The molecule has 15 heavy (non-hydrogen) atoms. The highest BCUT2D eigenvalue weighted by Gasteiger charge is 2.23. The lowest BCUT2D eigenvalue weighted by Crippen LogP contribution is -2.48. The molecule has 0 bridgehead atoms. The van der Waals surface area contributed by atoms with Crippen molar-refractivity contribution in [3.8, 4) is 12.3 Å². The number of amides is 1. The Kier molecular flexibility index (Phi) is 5.34. The van der Waals surface area contributed by atoms with E-state index in [2.05, 4.69) is 11.2 Å². The highest BCUT2D eigenvalue weighted by Crippen LogP contribution is 2.06. The van der Waals surface area contributed by atoms with E-state index >= 15 is 0 Å². The number of terminal acetylenes is 1. The summed E-state index contributed by atoms with van der Waals surface area (Å²) >= 11 is 0. The van der Waals surface area contributed by atoms with Crippen molar-refractivity contribution in [2.75, 3.05) is 20.1 Å². The van der Waals surface area contributed by atoms with Gasteiger partial charge in [0.2, 0.25) is 5.91 Å². The Labute approximate surface area is 91.7 Å². The summed E-state index contributed by atoms with van der Waals surface area (Å²) < 4.78 is 0. The molecule has 0 fully saturated rings. The SMILES string of the molecule is C#CCNC(=O)C(C)N(C)CC(C)(C)O. The fourth-order valence-electron chi connectivity index (χ4n) is 1.23. The van der Waals surface area contributed by atoms with Gasteiger partial charge in [0.05, 0.1) is 18.2 Å². The van der Waals surface area contributed by atoms with E-state index in [0.717, 1.165) is 0 Å². The normalized spacial score (nSPS) is 13.4. The van der Waals surface area contributed by atoms with Gasteiger partial charge in [0.1, 0.15) is 0 Å². The van der Waals surface area contributed by atoms with Crippen LogP contribution in [0.5, 0.6) is 0 Å². The smallest absolute Gasteiger partial charge is 0.237 e. The number of hydrogen-bond acceptors (Lipinski definition) is 3.